The molecule has 1 aliphatic rings. The first-order valence-electron chi connectivity index (χ1n) is 9.58. The molecule has 5 nitrogen and oxygen atoms in total. The van der Waals surface area contributed by atoms with E-state index in [1.165, 1.54) is 17.5 Å². The van der Waals surface area contributed by atoms with Crippen molar-refractivity contribution < 1.29 is 4.79 Å². The Morgan fingerprint density at radius 3 is 2.58 bits per heavy atom. The second kappa shape index (κ2) is 8.04. The lowest BCUT2D eigenvalue weighted by Gasteiger charge is -2.36. The Morgan fingerprint density at radius 1 is 1.23 bits per heavy atom. The fourth-order valence-electron chi connectivity index (χ4n) is 3.78. The van der Waals surface area contributed by atoms with Gasteiger partial charge in [-0.1, -0.05) is 24.3 Å². The van der Waals surface area contributed by atoms with Gasteiger partial charge in [-0.3, -0.25) is 9.48 Å². The van der Waals surface area contributed by atoms with Gasteiger partial charge in [0.25, 0.3) is 5.91 Å². The molecule has 1 aliphatic heterocycles. The number of piperidine rings is 1. The van der Waals surface area contributed by atoms with Crippen molar-refractivity contribution in [3.63, 3.8) is 0 Å². The lowest BCUT2D eigenvalue weighted by Crippen LogP contribution is -2.38. The van der Waals surface area contributed by atoms with Crippen molar-refractivity contribution in [1.82, 2.24) is 19.6 Å². The molecule has 0 N–H and O–H groups in total. The number of rotatable bonds is 5. The van der Waals surface area contributed by atoms with Crippen LogP contribution in [0.15, 0.2) is 30.5 Å². The highest BCUT2D eigenvalue weighted by atomic mass is 16.2. The summed E-state index contributed by atoms with van der Waals surface area (Å²) in [6.45, 7) is 6.50. The van der Waals surface area contributed by atoms with Crippen molar-refractivity contribution in [2.45, 2.75) is 52.2 Å². The van der Waals surface area contributed by atoms with Crippen molar-refractivity contribution in [3.05, 3.63) is 52.8 Å². The summed E-state index contributed by atoms with van der Waals surface area (Å²) in [6, 6.07) is 8.92. The van der Waals surface area contributed by atoms with Gasteiger partial charge in [-0.05, 0) is 58.3 Å². The molecule has 1 saturated heterocycles. The Morgan fingerprint density at radius 2 is 1.96 bits per heavy atom. The van der Waals surface area contributed by atoms with E-state index in [1.54, 1.807) is 0 Å². The zero-order valence-corrected chi connectivity index (χ0v) is 16.4. The van der Waals surface area contributed by atoms with Crippen molar-refractivity contribution in [1.29, 1.82) is 0 Å². The van der Waals surface area contributed by atoms with Gasteiger partial charge in [-0.2, -0.15) is 5.10 Å². The molecule has 0 radical (unpaired) electrons. The summed E-state index contributed by atoms with van der Waals surface area (Å²) in [5.74, 6) is 0.115. The number of benzene rings is 1. The molecular formula is C21H30N4O. The van der Waals surface area contributed by atoms with Crippen LogP contribution in [0.2, 0.25) is 0 Å². The molecule has 2 heterocycles. The molecule has 2 aromatic rings. The van der Waals surface area contributed by atoms with E-state index in [4.69, 9.17) is 0 Å². The number of carbonyl (C=O) groups excluding carboxylic acids is 1. The molecule has 1 atom stereocenters. The molecule has 0 bridgehead atoms. The summed E-state index contributed by atoms with van der Waals surface area (Å²) in [4.78, 5) is 17.4. The number of carbonyl (C=O) groups is 1. The van der Waals surface area contributed by atoms with E-state index in [9.17, 15) is 4.79 Å². The third-order valence-corrected chi connectivity index (χ3v) is 5.13. The monoisotopic (exact) mass is 354 g/mol. The third kappa shape index (κ3) is 3.98. The summed E-state index contributed by atoms with van der Waals surface area (Å²) < 4.78 is 1.84. The molecule has 1 aromatic carbocycles. The average molecular weight is 354 g/mol. The second-order valence-electron chi connectivity index (χ2n) is 7.47. The fraction of sp³-hybridized carbons (Fsp3) is 0.524. The highest BCUT2D eigenvalue weighted by Gasteiger charge is 2.30. The molecule has 26 heavy (non-hydrogen) atoms. The minimum atomic E-state index is 0.115. The van der Waals surface area contributed by atoms with Crippen molar-refractivity contribution >= 4 is 5.91 Å². The summed E-state index contributed by atoms with van der Waals surface area (Å²) in [6.07, 6.45) is 5.16. The number of hydrogen-bond acceptors (Lipinski definition) is 3. The molecular weight excluding hydrogens is 324 g/mol. The van der Waals surface area contributed by atoms with Crippen LogP contribution in [0, 0.1) is 6.92 Å². The minimum absolute atomic E-state index is 0.115. The number of amides is 1. The quantitative estimate of drug-likeness (QED) is 0.823. The van der Waals surface area contributed by atoms with Crippen molar-refractivity contribution in [2.75, 3.05) is 20.6 Å². The fourth-order valence-corrected chi connectivity index (χ4v) is 3.78. The summed E-state index contributed by atoms with van der Waals surface area (Å²) in [5, 5.41) is 4.45. The Hall–Kier alpha value is -2.14. The molecule has 0 saturated carbocycles. The number of nitrogens with zero attached hydrogens (tertiary/aromatic N) is 4. The zero-order chi connectivity index (χ0) is 18.7. The number of likely N-dealkylation sites (tertiary alicyclic amines) is 1. The van der Waals surface area contributed by atoms with Crippen LogP contribution in [0.5, 0.6) is 0 Å². The van der Waals surface area contributed by atoms with Gasteiger partial charge in [0.1, 0.15) is 0 Å². The number of aromatic nitrogens is 2. The van der Waals surface area contributed by atoms with E-state index in [0.717, 1.165) is 43.7 Å². The number of aryl methyl sites for hydroxylation is 2. The molecule has 0 aliphatic carbocycles. The van der Waals surface area contributed by atoms with Gasteiger partial charge >= 0.3 is 0 Å². The van der Waals surface area contributed by atoms with Crippen molar-refractivity contribution in [3.8, 4) is 0 Å². The van der Waals surface area contributed by atoms with Crippen LogP contribution in [-0.4, -0.2) is 46.1 Å². The van der Waals surface area contributed by atoms with E-state index in [-0.39, 0.29) is 11.9 Å². The molecule has 1 fully saturated rings. The summed E-state index contributed by atoms with van der Waals surface area (Å²) >= 11 is 0. The third-order valence-electron chi connectivity index (χ3n) is 5.13. The molecule has 1 amide bonds. The van der Waals surface area contributed by atoms with E-state index in [1.807, 2.05) is 24.7 Å². The van der Waals surface area contributed by atoms with Gasteiger partial charge in [-0.15, -0.1) is 0 Å². The summed E-state index contributed by atoms with van der Waals surface area (Å²) in [5.41, 5.74) is 4.10. The largest absolute Gasteiger partial charge is 0.332 e. The SMILES string of the molecule is CCn1cc(C(=O)N2CCCC[C@@H]2c2ccc(CN(C)C)cc2)c(C)n1. The molecule has 3 rings (SSSR count). The standard InChI is InChI=1S/C21H30N4O/c1-5-24-15-19(16(2)22-24)21(26)25-13-7-6-8-20(25)18-11-9-17(10-12-18)14-23(3)4/h9-12,15,20H,5-8,13-14H2,1-4H3/t20-/m1/s1. The first kappa shape index (κ1) is 18.6. The average Bonchev–Trinajstić information content (AvgIpc) is 3.02. The maximum absolute atomic E-state index is 13.2. The molecule has 0 spiro atoms. The zero-order valence-electron chi connectivity index (χ0n) is 16.4. The molecule has 0 unspecified atom stereocenters. The van der Waals surface area contributed by atoms with Crippen LogP contribution in [0.1, 0.15) is 59.4 Å². The maximum atomic E-state index is 13.2. The van der Waals surface area contributed by atoms with Crippen LogP contribution in [0.3, 0.4) is 0 Å². The second-order valence-corrected chi connectivity index (χ2v) is 7.47. The predicted octanol–water partition coefficient (Wildman–Crippen LogP) is 3.64. The van der Waals surface area contributed by atoms with Crippen LogP contribution in [-0.2, 0) is 13.1 Å². The summed E-state index contributed by atoms with van der Waals surface area (Å²) in [7, 11) is 4.16. The Labute approximate surface area is 156 Å². The topological polar surface area (TPSA) is 41.4 Å². The first-order valence-corrected chi connectivity index (χ1v) is 9.58. The Kier molecular flexibility index (Phi) is 5.77. The van der Waals surface area contributed by atoms with E-state index < -0.39 is 0 Å². The lowest BCUT2D eigenvalue weighted by atomic mass is 9.93. The van der Waals surface area contributed by atoms with Crippen molar-refractivity contribution in [2.24, 2.45) is 0 Å². The van der Waals surface area contributed by atoms with Crippen LogP contribution in [0.25, 0.3) is 0 Å². The van der Waals surface area contributed by atoms with Crippen LogP contribution < -0.4 is 0 Å². The Balaban J connectivity index is 1.83. The van der Waals surface area contributed by atoms with E-state index in [0.29, 0.717) is 0 Å². The molecule has 1 aromatic heterocycles. The highest BCUT2D eigenvalue weighted by Crippen LogP contribution is 2.32. The van der Waals surface area contributed by atoms with Crippen LogP contribution in [0.4, 0.5) is 0 Å². The normalized spacial score (nSPS) is 17.7. The smallest absolute Gasteiger partial charge is 0.257 e. The van der Waals surface area contributed by atoms with Gasteiger partial charge in [0.15, 0.2) is 0 Å². The van der Waals surface area contributed by atoms with E-state index >= 15 is 0 Å². The molecule has 140 valence electrons. The van der Waals surface area contributed by atoms with Gasteiger partial charge in [0, 0.05) is 25.8 Å². The van der Waals surface area contributed by atoms with Gasteiger partial charge in [0.05, 0.1) is 17.3 Å². The van der Waals surface area contributed by atoms with E-state index in [2.05, 4.69) is 53.3 Å². The first-order chi connectivity index (χ1) is 12.5. The molecule has 5 heteroatoms. The van der Waals surface area contributed by atoms with Crippen LogP contribution >= 0.6 is 0 Å². The Bertz CT molecular complexity index is 748. The predicted molar refractivity (Wildman–Crippen MR) is 104 cm³/mol. The van der Waals surface area contributed by atoms with Gasteiger partial charge in [0.2, 0.25) is 0 Å². The number of hydrogen-bond donors (Lipinski definition) is 0. The highest BCUT2D eigenvalue weighted by molar-refractivity contribution is 5.95. The minimum Gasteiger partial charge on any atom is -0.332 e. The maximum Gasteiger partial charge on any atom is 0.257 e. The van der Waals surface area contributed by atoms with Gasteiger partial charge in [-0.25, -0.2) is 0 Å². The van der Waals surface area contributed by atoms with Gasteiger partial charge < -0.3 is 9.80 Å². The lowest BCUT2D eigenvalue weighted by molar-refractivity contribution is 0.0610.